The minimum Gasteiger partial charge on any atom is -0.246 e. The summed E-state index contributed by atoms with van der Waals surface area (Å²) in [4.78, 5) is 4.67. The van der Waals surface area contributed by atoms with E-state index in [1.165, 1.54) is 38.3 Å². The number of rotatable bonds is 6. The Morgan fingerprint density at radius 2 is 2.00 bits per heavy atom. The van der Waals surface area contributed by atoms with Gasteiger partial charge in [0.2, 0.25) is 0 Å². The molecule has 3 aromatic rings. The van der Waals surface area contributed by atoms with E-state index in [-0.39, 0.29) is 0 Å². The lowest BCUT2D eigenvalue weighted by atomic mass is 9.72. The van der Waals surface area contributed by atoms with Crippen molar-refractivity contribution in [2.45, 2.75) is 46.9 Å². The predicted octanol–water partition coefficient (Wildman–Crippen LogP) is 4.84. The average Bonchev–Trinajstić information content (AvgIpc) is 3.10. The summed E-state index contributed by atoms with van der Waals surface area (Å²) in [5, 5.41) is 3.31. The summed E-state index contributed by atoms with van der Waals surface area (Å²) in [6, 6.07) is 12.9. The molecule has 1 aromatic heterocycles. The molecule has 1 nitrogen and oxygen atoms in total. The lowest BCUT2D eigenvalue weighted by molar-refractivity contribution is 0.747. The fourth-order valence-corrected chi connectivity index (χ4v) is 4.34. The minimum atomic E-state index is 0.367. The molecule has 0 aliphatic rings. The zero-order chi connectivity index (χ0) is 20.3. The summed E-state index contributed by atoms with van der Waals surface area (Å²) < 4.78 is 0. The van der Waals surface area contributed by atoms with E-state index < -0.39 is 0 Å². The Morgan fingerprint density at radius 3 is 2.68 bits per heavy atom. The van der Waals surface area contributed by atoms with E-state index in [2.05, 4.69) is 88.6 Å². The van der Waals surface area contributed by atoms with Crippen LogP contribution in [0.5, 0.6) is 0 Å². The normalized spacial score (nSPS) is 12.8. The quantitative estimate of drug-likeness (QED) is 0.439. The number of hydrogen-bond donors (Lipinski definition) is 0. The second-order valence-electron chi connectivity index (χ2n) is 7.58. The van der Waals surface area contributed by atoms with Crippen LogP contribution in [0.2, 0.25) is 6.82 Å². The molecular weight excluding hydrogens is 356 g/mol. The van der Waals surface area contributed by atoms with Gasteiger partial charge in [-0.1, -0.05) is 67.1 Å². The number of aromatic nitrogens is 1. The monoisotopic (exact) mass is 382 g/mol. The molecular formula is C24H26B2NS. The van der Waals surface area contributed by atoms with E-state index in [0.29, 0.717) is 5.92 Å². The second kappa shape index (κ2) is 8.96. The predicted molar refractivity (Wildman–Crippen MR) is 127 cm³/mol. The molecule has 0 spiro atoms. The number of thiazole rings is 1. The molecule has 0 aliphatic heterocycles. The number of aryl methyl sites for hydroxylation is 2. The molecule has 1 heterocycles. The van der Waals surface area contributed by atoms with Crippen molar-refractivity contribution in [3.05, 3.63) is 74.7 Å². The molecule has 0 aliphatic carbocycles. The van der Waals surface area contributed by atoms with Crippen molar-refractivity contribution in [2.24, 2.45) is 0 Å². The van der Waals surface area contributed by atoms with Gasteiger partial charge in [0.1, 0.15) is 15.1 Å². The molecule has 4 heteroatoms. The first-order chi connectivity index (χ1) is 13.4. The van der Waals surface area contributed by atoms with Crippen molar-refractivity contribution in [2.75, 3.05) is 0 Å². The Morgan fingerprint density at radius 1 is 1.21 bits per heavy atom. The van der Waals surface area contributed by atoms with Crippen LogP contribution >= 0.6 is 11.3 Å². The average molecular weight is 382 g/mol. The largest absolute Gasteiger partial charge is 0.246 e. The molecule has 0 amide bonds. The highest BCUT2D eigenvalue weighted by Gasteiger charge is 2.14. The molecule has 3 radical (unpaired) electrons. The van der Waals surface area contributed by atoms with Crippen LogP contribution in [0.3, 0.4) is 0 Å². The van der Waals surface area contributed by atoms with Crippen molar-refractivity contribution >= 4 is 49.0 Å². The summed E-state index contributed by atoms with van der Waals surface area (Å²) >= 11 is 1.74. The summed E-state index contributed by atoms with van der Waals surface area (Å²) in [5.41, 5.74) is 9.51. The van der Waals surface area contributed by atoms with Crippen LogP contribution in [0.4, 0.5) is 0 Å². The van der Waals surface area contributed by atoms with Crippen LogP contribution in [0.15, 0.2) is 41.8 Å². The van der Waals surface area contributed by atoms with Gasteiger partial charge < -0.3 is 0 Å². The van der Waals surface area contributed by atoms with E-state index in [1.807, 2.05) is 6.07 Å². The van der Waals surface area contributed by atoms with Gasteiger partial charge in [0.15, 0.2) is 0 Å². The topological polar surface area (TPSA) is 12.9 Å². The number of allylic oxidation sites excluding steroid dienone is 1. The van der Waals surface area contributed by atoms with Crippen LogP contribution in [-0.2, 0) is 6.42 Å². The molecule has 0 bridgehead atoms. The molecule has 1 atom stereocenters. The molecule has 0 fully saturated rings. The molecule has 2 aromatic carbocycles. The van der Waals surface area contributed by atoms with E-state index in [1.54, 1.807) is 11.3 Å². The molecule has 0 saturated carbocycles. The standard InChI is InChI=1S/C24H26B2NS/c1-15-6-8-22(26-5)13-19(15)10-16(2)23-9-7-21(25)12-20(23)11-17(3)24-27-18(4)14-28-24/h6-10,12-14,17H,11H2,1-5H3/b16-10+/t17-/m0/s1. The smallest absolute Gasteiger partial charge is 0.148 e. The third-order valence-electron chi connectivity index (χ3n) is 5.15. The van der Waals surface area contributed by atoms with Gasteiger partial charge in [-0.05, 0) is 55.0 Å². The zero-order valence-electron chi connectivity index (χ0n) is 17.4. The van der Waals surface area contributed by atoms with Crippen LogP contribution in [0.1, 0.15) is 52.7 Å². The van der Waals surface area contributed by atoms with Crippen molar-refractivity contribution in [3.8, 4) is 0 Å². The third-order valence-corrected chi connectivity index (χ3v) is 6.34. The summed E-state index contributed by atoms with van der Waals surface area (Å²) in [5.74, 6) is 0.367. The van der Waals surface area contributed by atoms with Gasteiger partial charge in [0, 0.05) is 17.0 Å². The van der Waals surface area contributed by atoms with Gasteiger partial charge in [0.05, 0.1) is 5.01 Å². The van der Waals surface area contributed by atoms with E-state index in [4.69, 9.17) is 7.85 Å². The highest BCUT2D eigenvalue weighted by Crippen LogP contribution is 2.28. The van der Waals surface area contributed by atoms with Gasteiger partial charge in [0.25, 0.3) is 0 Å². The lowest BCUT2D eigenvalue weighted by Gasteiger charge is -2.15. The van der Waals surface area contributed by atoms with Gasteiger partial charge in [-0.2, -0.15) is 0 Å². The summed E-state index contributed by atoms with van der Waals surface area (Å²) in [6.45, 7) is 10.7. The molecule has 0 unspecified atom stereocenters. The Balaban J connectivity index is 1.95. The molecule has 3 rings (SSSR count). The van der Waals surface area contributed by atoms with E-state index in [0.717, 1.165) is 17.6 Å². The SMILES string of the molecule is [B]c1ccc(/C(C)=C/c2cc([B]C)ccc2C)c(C[C@H](C)c2nc(C)cs2)c1. The number of hydrogen-bond acceptors (Lipinski definition) is 2. The molecule has 28 heavy (non-hydrogen) atoms. The fraction of sp³-hybridized carbons (Fsp3) is 0.292. The Bertz CT molecular complexity index is 1000. The fourth-order valence-electron chi connectivity index (χ4n) is 3.49. The molecule has 0 saturated heterocycles. The van der Waals surface area contributed by atoms with Crippen molar-refractivity contribution < 1.29 is 0 Å². The van der Waals surface area contributed by atoms with E-state index >= 15 is 0 Å². The maximum atomic E-state index is 6.12. The van der Waals surface area contributed by atoms with Crippen LogP contribution in [0, 0.1) is 13.8 Å². The first kappa shape index (κ1) is 20.7. The summed E-state index contributed by atoms with van der Waals surface area (Å²) in [7, 11) is 8.26. The molecule has 139 valence electrons. The zero-order valence-corrected chi connectivity index (χ0v) is 18.2. The van der Waals surface area contributed by atoms with Crippen molar-refractivity contribution in [1.82, 2.24) is 4.98 Å². The Kier molecular flexibility index (Phi) is 6.61. The number of nitrogens with zero attached hydrogens (tertiary/aromatic N) is 1. The Hall–Kier alpha value is -2.06. The van der Waals surface area contributed by atoms with Gasteiger partial charge >= 0.3 is 0 Å². The van der Waals surface area contributed by atoms with Crippen LogP contribution < -0.4 is 10.9 Å². The van der Waals surface area contributed by atoms with Gasteiger partial charge in [-0.25, -0.2) is 4.98 Å². The highest BCUT2D eigenvalue weighted by atomic mass is 32.1. The van der Waals surface area contributed by atoms with Crippen molar-refractivity contribution in [3.63, 3.8) is 0 Å². The van der Waals surface area contributed by atoms with E-state index in [9.17, 15) is 0 Å². The van der Waals surface area contributed by atoms with Gasteiger partial charge in [-0.15, -0.1) is 11.3 Å². The summed E-state index contributed by atoms with van der Waals surface area (Å²) in [6.07, 6.45) is 3.22. The molecule has 0 N–H and O–H groups in total. The van der Waals surface area contributed by atoms with Gasteiger partial charge in [-0.3, -0.25) is 0 Å². The van der Waals surface area contributed by atoms with Crippen LogP contribution in [0.25, 0.3) is 11.6 Å². The van der Waals surface area contributed by atoms with Crippen molar-refractivity contribution in [1.29, 1.82) is 0 Å². The Labute approximate surface area is 175 Å². The maximum absolute atomic E-state index is 6.12. The maximum Gasteiger partial charge on any atom is 0.148 e. The van der Waals surface area contributed by atoms with Crippen LogP contribution in [-0.4, -0.2) is 20.1 Å². The highest BCUT2D eigenvalue weighted by molar-refractivity contribution is 7.09. The lowest BCUT2D eigenvalue weighted by Crippen LogP contribution is -2.11. The third kappa shape index (κ3) is 4.85. The second-order valence-corrected chi connectivity index (χ2v) is 8.47. The number of benzene rings is 2. The minimum absolute atomic E-state index is 0.367. The first-order valence-electron chi connectivity index (χ1n) is 9.76. The first-order valence-corrected chi connectivity index (χ1v) is 10.6.